The van der Waals surface area contributed by atoms with E-state index in [1.165, 1.54) is 0 Å². The number of aliphatic hydroxyl groups excluding tert-OH is 1. The summed E-state index contributed by atoms with van der Waals surface area (Å²) in [4.78, 5) is 24.0. The molecule has 1 aromatic carbocycles. The van der Waals surface area contributed by atoms with Gasteiger partial charge in [0.1, 0.15) is 5.75 Å². The fraction of sp³-hybridized carbons (Fsp3) is 0.280. The molecule has 0 spiro atoms. The Bertz CT molecular complexity index is 1260. The van der Waals surface area contributed by atoms with E-state index in [-0.39, 0.29) is 6.04 Å². The molecule has 0 bridgehead atoms. The Morgan fingerprint density at radius 3 is 2.94 bits per heavy atom. The van der Waals surface area contributed by atoms with Crippen molar-refractivity contribution in [1.29, 1.82) is 0 Å². The van der Waals surface area contributed by atoms with E-state index in [0.717, 1.165) is 34.3 Å². The van der Waals surface area contributed by atoms with Gasteiger partial charge in [-0.05, 0) is 49.9 Å². The van der Waals surface area contributed by atoms with Gasteiger partial charge in [0.05, 0.1) is 16.9 Å². The van der Waals surface area contributed by atoms with Crippen molar-refractivity contribution < 1.29 is 14.6 Å². The van der Waals surface area contributed by atoms with Gasteiger partial charge in [0.25, 0.3) is 0 Å². The van der Waals surface area contributed by atoms with Crippen LogP contribution in [0.1, 0.15) is 12.1 Å². The molecule has 0 saturated carbocycles. The largest absolute Gasteiger partial charge is 0.439 e. The van der Waals surface area contributed by atoms with Crippen molar-refractivity contribution in [3.05, 3.63) is 66.6 Å². The molecule has 1 aliphatic heterocycles. The number of pyridine rings is 2. The third-order valence-corrected chi connectivity index (χ3v) is 6.21. The van der Waals surface area contributed by atoms with Crippen LogP contribution in [0.15, 0.2) is 60.9 Å². The summed E-state index contributed by atoms with van der Waals surface area (Å²) in [5, 5.41) is 17.6. The number of likely N-dealkylation sites (tertiary alicyclic amines) is 1. The van der Waals surface area contributed by atoms with E-state index in [9.17, 15) is 9.90 Å². The maximum Gasteiger partial charge on any atom is 0.219 e. The molecule has 9 nitrogen and oxygen atoms in total. The van der Waals surface area contributed by atoms with Crippen LogP contribution in [-0.4, -0.2) is 73.8 Å². The highest BCUT2D eigenvalue weighted by Gasteiger charge is 2.29. The van der Waals surface area contributed by atoms with Gasteiger partial charge >= 0.3 is 0 Å². The average Bonchev–Trinajstić information content (AvgIpc) is 3.57. The number of carbonyl (C=O) groups is 1. The molecule has 0 aliphatic carbocycles. The average molecular weight is 459 g/mol. The second-order valence-electron chi connectivity index (χ2n) is 8.52. The van der Waals surface area contributed by atoms with E-state index in [4.69, 9.17) is 9.72 Å². The van der Waals surface area contributed by atoms with Crippen LogP contribution in [0.3, 0.4) is 0 Å². The number of aromatic amines is 1. The lowest BCUT2D eigenvalue weighted by molar-refractivity contribution is -0.123. The fourth-order valence-electron chi connectivity index (χ4n) is 4.27. The van der Waals surface area contributed by atoms with Crippen molar-refractivity contribution in [3.63, 3.8) is 0 Å². The van der Waals surface area contributed by atoms with Gasteiger partial charge in [-0.1, -0.05) is 6.07 Å². The SMILES string of the molecule is CN(Cc1ccc2cc(Oc3ccc(-c4ccn[nH]4)cn3)ccc2n1)[C@H]1CCN(C(O)C=O)C1. The Hall–Kier alpha value is -3.66. The fourth-order valence-corrected chi connectivity index (χ4v) is 4.27. The number of aromatic nitrogens is 4. The summed E-state index contributed by atoms with van der Waals surface area (Å²) in [5.74, 6) is 1.21. The highest BCUT2D eigenvalue weighted by molar-refractivity contribution is 5.80. The monoisotopic (exact) mass is 458 g/mol. The molecule has 0 radical (unpaired) electrons. The van der Waals surface area contributed by atoms with Crippen LogP contribution in [0, 0.1) is 0 Å². The summed E-state index contributed by atoms with van der Waals surface area (Å²) < 4.78 is 5.94. The van der Waals surface area contributed by atoms with E-state index < -0.39 is 6.23 Å². The minimum absolute atomic E-state index is 0.273. The lowest BCUT2D eigenvalue weighted by Gasteiger charge is -2.25. The molecule has 1 fully saturated rings. The van der Waals surface area contributed by atoms with Crippen LogP contribution < -0.4 is 4.74 Å². The van der Waals surface area contributed by atoms with Crippen molar-refractivity contribution in [3.8, 4) is 22.9 Å². The van der Waals surface area contributed by atoms with Gasteiger partial charge < -0.3 is 9.84 Å². The predicted molar refractivity (Wildman–Crippen MR) is 127 cm³/mol. The van der Waals surface area contributed by atoms with Gasteiger partial charge in [-0.3, -0.25) is 24.7 Å². The third-order valence-electron chi connectivity index (χ3n) is 6.21. The van der Waals surface area contributed by atoms with Crippen molar-refractivity contribution in [2.45, 2.75) is 25.2 Å². The minimum atomic E-state index is -1.02. The molecule has 2 N–H and O–H groups in total. The maximum atomic E-state index is 10.8. The molecule has 4 aromatic rings. The number of aliphatic hydroxyl groups is 1. The first-order valence-corrected chi connectivity index (χ1v) is 11.2. The van der Waals surface area contributed by atoms with Crippen molar-refractivity contribution >= 4 is 17.2 Å². The first-order chi connectivity index (χ1) is 16.6. The van der Waals surface area contributed by atoms with Gasteiger partial charge in [0.2, 0.25) is 5.88 Å². The van der Waals surface area contributed by atoms with Crippen LogP contribution in [0.25, 0.3) is 22.2 Å². The summed E-state index contributed by atoms with van der Waals surface area (Å²) in [5.41, 5.74) is 3.70. The van der Waals surface area contributed by atoms with Gasteiger partial charge in [-0.2, -0.15) is 5.10 Å². The molecule has 34 heavy (non-hydrogen) atoms. The minimum Gasteiger partial charge on any atom is -0.439 e. The molecular formula is C25H26N6O3. The molecule has 0 amide bonds. The number of hydrogen-bond acceptors (Lipinski definition) is 8. The van der Waals surface area contributed by atoms with E-state index in [1.807, 2.05) is 48.5 Å². The highest BCUT2D eigenvalue weighted by atomic mass is 16.5. The predicted octanol–water partition coefficient (Wildman–Crippen LogP) is 2.84. The van der Waals surface area contributed by atoms with Gasteiger partial charge in [-0.15, -0.1) is 0 Å². The van der Waals surface area contributed by atoms with E-state index >= 15 is 0 Å². The molecule has 4 heterocycles. The van der Waals surface area contributed by atoms with Crippen LogP contribution >= 0.6 is 0 Å². The zero-order chi connectivity index (χ0) is 23.5. The Morgan fingerprint density at radius 2 is 2.18 bits per heavy atom. The van der Waals surface area contributed by atoms with Crippen LogP contribution in [0.2, 0.25) is 0 Å². The Balaban J connectivity index is 1.23. The van der Waals surface area contributed by atoms with Crippen molar-refractivity contribution in [2.75, 3.05) is 20.1 Å². The number of nitrogens with zero attached hydrogens (tertiary/aromatic N) is 5. The number of likely N-dealkylation sites (N-methyl/N-ethyl adjacent to an activating group) is 1. The smallest absolute Gasteiger partial charge is 0.219 e. The summed E-state index contributed by atoms with van der Waals surface area (Å²) >= 11 is 0. The summed E-state index contributed by atoms with van der Waals surface area (Å²) in [7, 11) is 2.05. The van der Waals surface area contributed by atoms with Crippen LogP contribution in [-0.2, 0) is 11.3 Å². The van der Waals surface area contributed by atoms with Crippen molar-refractivity contribution in [2.24, 2.45) is 0 Å². The quantitative estimate of drug-likeness (QED) is 0.388. The number of ether oxygens (including phenoxy) is 1. The van der Waals surface area contributed by atoms with E-state index in [1.54, 1.807) is 17.3 Å². The van der Waals surface area contributed by atoms with Gasteiger partial charge in [-0.25, -0.2) is 4.98 Å². The second-order valence-corrected chi connectivity index (χ2v) is 8.52. The molecule has 3 aromatic heterocycles. The summed E-state index contributed by atoms with van der Waals surface area (Å²) in [6.07, 6.45) is 3.93. The van der Waals surface area contributed by atoms with Crippen LogP contribution in [0.5, 0.6) is 11.6 Å². The number of fused-ring (bicyclic) bond motifs is 1. The lowest BCUT2D eigenvalue weighted by atomic mass is 10.1. The molecule has 1 unspecified atom stereocenters. The number of aldehydes is 1. The molecule has 5 rings (SSSR count). The number of rotatable bonds is 8. The molecule has 9 heteroatoms. The summed E-state index contributed by atoms with van der Waals surface area (Å²) in [6, 6.07) is 15.8. The molecule has 2 atom stereocenters. The Labute approximate surface area is 197 Å². The van der Waals surface area contributed by atoms with Gasteiger partial charge in [0, 0.05) is 55.1 Å². The van der Waals surface area contributed by atoms with Crippen molar-refractivity contribution in [1.82, 2.24) is 30.0 Å². The molecule has 174 valence electrons. The van der Waals surface area contributed by atoms with E-state index in [0.29, 0.717) is 37.5 Å². The Morgan fingerprint density at radius 1 is 1.26 bits per heavy atom. The zero-order valence-electron chi connectivity index (χ0n) is 18.8. The number of nitrogens with one attached hydrogen (secondary N) is 1. The number of hydrogen-bond donors (Lipinski definition) is 2. The maximum absolute atomic E-state index is 10.8. The number of benzene rings is 1. The lowest BCUT2D eigenvalue weighted by Crippen LogP contribution is -2.38. The third kappa shape index (κ3) is 4.81. The molecular weight excluding hydrogens is 432 g/mol. The topological polar surface area (TPSA) is 107 Å². The first kappa shape index (κ1) is 22.1. The first-order valence-electron chi connectivity index (χ1n) is 11.2. The molecule has 1 aliphatic rings. The number of carbonyl (C=O) groups excluding carboxylic acids is 1. The second kappa shape index (κ2) is 9.68. The number of H-pyrrole nitrogens is 1. The standard InChI is InChI=1S/C25H26N6O3/c1-30(20-9-11-31(15-20)25(33)16-32)14-19-4-2-17-12-21(5-6-22(17)28-19)34-24-7-3-18(13-26-24)23-8-10-27-29-23/h2-8,10,12-13,16,20,25,33H,9,11,14-15H2,1H3,(H,27,29)/t20-,25?/m0/s1. The van der Waals surface area contributed by atoms with Crippen LogP contribution in [0.4, 0.5) is 0 Å². The molecule has 1 saturated heterocycles. The van der Waals surface area contributed by atoms with E-state index in [2.05, 4.69) is 27.1 Å². The Kier molecular flexibility index (Phi) is 6.31. The zero-order valence-corrected chi connectivity index (χ0v) is 18.8. The van der Waals surface area contributed by atoms with Gasteiger partial charge in [0.15, 0.2) is 12.5 Å². The highest BCUT2D eigenvalue weighted by Crippen LogP contribution is 2.26. The normalized spacial score (nSPS) is 17.3. The summed E-state index contributed by atoms with van der Waals surface area (Å²) in [6.45, 7) is 2.07.